The van der Waals surface area contributed by atoms with E-state index in [2.05, 4.69) is 5.32 Å². The molecule has 0 saturated heterocycles. The molecular formula is C14H24ClF3N2O. The first kappa shape index (κ1) is 18.6. The minimum absolute atomic E-state index is 0. The summed E-state index contributed by atoms with van der Waals surface area (Å²) in [5.41, 5.74) is 5.79. The Morgan fingerprint density at radius 2 is 1.57 bits per heavy atom. The molecule has 0 aromatic carbocycles. The van der Waals surface area contributed by atoms with Crippen LogP contribution in [0, 0.1) is 11.8 Å². The fourth-order valence-electron chi connectivity index (χ4n) is 3.41. The van der Waals surface area contributed by atoms with Gasteiger partial charge in [-0.25, -0.2) is 0 Å². The number of halogens is 4. The maximum absolute atomic E-state index is 13.0. The van der Waals surface area contributed by atoms with E-state index < -0.39 is 23.9 Å². The summed E-state index contributed by atoms with van der Waals surface area (Å²) in [5, 5.41) is 2.82. The molecule has 0 radical (unpaired) electrons. The van der Waals surface area contributed by atoms with Crippen LogP contribution in [0.15, 0.2) is 0 Å². The largest absolute Gasteiger partial charge is 0.392 e. The van der Waals surface area contributed by atoms with Crippen molar-refractivity contribution in [2.75, 3.05) is 0 Å². The van der Waals surface area contributed by atoms with Gasteiger partial charge >= 0.3 is 6.18 Å². The summed E-state index contributed by atoms with van der Waals surface area (Å²) in [7, 11) is 0. The van der Waals surface area contributed by atoms with Gasteiger partial charge in [0.25, 0.3) is 0 Å². The molecule has 1 amide bonds. The van der Waals surface area contributed by atoms with Crippen molar-refractivity contribution in [2.45, 2.75) is 69.6 Å². The van der Waals surface area contributed by atoms with Gasteiger partial charge in [-0.15, -0.1) is 12.4 Å². The summed E-state index contributed by atoms with van der Waals surface area (Å²) in [6.45, 7) is 0. The Kier molecular flexibility index (Phi) is 6.78. The van der Waals surface area contributed by atoms with Crippen LogP contribution in [0.4, 0.5) is 13.2 Å². The van der Waals surface area contributed by atoms with Gasteiger partial charge in [-0.05, 0) is 38.5 Å². The molecule has 2 saturated carbocycles. The number of nitrogens with two attached hydrogens (primary N) is 1. The van der Waals surface area contributed by atoms with E-state index in [1.165, 1.54) is 0 Å². The Hall–Kier alpha value is -0.490. The van der Waals surface area contributed by atoms with Crippen LogP contribution in [-0.4, -0.2) is 24.2 Å². The second kappa shape index (κ2) is 7.68. The minimum Gasteiger partial charge on any atom is -0.353 e. The molecule has 124 valence electrons. The highest BCUT2D eigenvalue weighted by atomic mass is 35.5. The molecule has 0 spiro atoms. The van der Waals surface area contributed by atoms with Gasteiger partial charge in [0.05, 0.1) is 5.92 Å². The standard InChI is InChI=1S/C14H23F3N2O.ClH/c15-14(16,17)12-4-2-1-3-11(12)13(20)19-10-7-5-9(18)6-8-10;/h9-12H,1-8,18H2,(H,19,20);1H. The van der Waals surface area contributed by atoms with Crippen LogP contribution >= 0.6 is 12.4 Å². The Balaban J connectivity index is 0.00000220. The fourth-order valence-corrected chi connectivity index (χ4v) is 3.41. The number of nitrogens with one attached hydrogen (secondary N) is 1. The topological polar surface area (TPSA) is 55.1 Å². The number of hydrogen-bond donors (Lipinski definition) is 2. The third-order valence-electron chi connectivity index (χ3n) is 4.64. The number of rotatable bonds is 2. The predicted octanol–water partition coefficient (Wildman–Crippen LogP) is 3.16. The monoisotopic (exact) mass is 328 g/mol. The SMILES string of the molecule is Cl.NC1CCC(NC(=O)C2CCCCC2C(F)(F)F)CC1. The van der Waals surface area contributed by atoms with Crippen LogP contribution in [0.2, 0.25) is 0 Å². The lowest BCUT2D eigenvalue weighted by atomic mass is 9.78. The summed E-state index contributed by atoms with van der Waals surface area (Å²) >= 11 is 0. The summed E-state index contributed by atoms with van der Waals surface area (Å²) < 4.78 is 39.0. The highest BCUT2D eigenvalue weighted by Crippen LogP contribution is 2.41. The van der Waals surface area contributed by atoms with E-state index in [4.69, 9.17) is 5.73 Å². The minimum atomic E-state index is -4.27. The highest BCUT2D eigenvalue weighted by Gasteiger charge is 2.48. The maximum Gasteiger partial charge on any atom is 0.392 e. The van der Waals surface area contributed by atoms with Crippen LogP contribution in [-0.2, 0) is 4.79 Å². The Bertz CT molecular complexity index is 344. The van der Waals surface area contributed by atoms with E-state index in [1.807, 2.05) is 0 Å². The summed E-state index contributed by atoms with van der Waals surface area (Å²) in [6, 6.07) is 0.166. The second-order valence-corrected chi connectivity index (χ2v) is 6.16. The number of amides is 1. The lowest BCUT2D eigenvalue weighted by Crippen LogP contribution is -2.47. The van der Waals surface area contributed by atoms with E-state index >= 15 is 0 Å². The van der Waals surface area contributed by atoms with Gasteiger partial charge in [-0.2, -0.15) is 13.2 Å². The van der Waals surface area contributed by atoms with Gasteiger partial charge in [-0.3, -0.25) is 4.79 Å². The maximum atomic E-state index is 13.0. The average Bonchev–Trinajstić information content (AvgIpc) is 2.40. The van der Waals surface area contributed by atoms with Crippen molar-refractivity contribution < 1.29 is 18.0 Å². The Morgan fingerprint density at radius 3 is 2.14 bits per heavy atom. The molecule has 2 rings (SSSR count). The first-order valence-corrected chi connectivity index (χ1v) is 7.50. The fraction of sp³-hybridized carbons (Fsp3) is 0.929. The van der Waals surface area contributed by atoms with E-state index in [0.717, 1.165) is 25.7 Å². The molecule has 2 atom stereocenters. The predicted molar refractivity (Wildman–Crippen MR) is 77.1 cm³/mol. The van der Waals surface area contributed by atoms with E-state index in [9.17, 15) is 18.0 Å². The molecule has 2 aliphatic rings. The molecular weight excluding hydrogens is 305 g/mol. The van der Waals surface area contributed by atoms with Crippen molar-refractivity contribution in [3.05, 3.63) is 0 Å². The van der Waals surface area contributed by atoms with Gasteiger partial charge in [0, 0.05) is 18.0 Å². The van der Waals surface area contributed by atoms with Gasteiger partial charge in [-0.1, -0.05) is 12.8 Å². The van der Waals surface area contributed by atoms with Crippen LogP contribution in [0.25, 0.3) is 0 Å². The number of hydrogen-bond acceptors (Lipinski definition) is 2. The molecule has 2 fully saturated rings. The van der Waals surface area contributed by atoms with Crippen molar-refractivity contribution in [1.82, 2.24) is 5.32 Å². The molecule has 0 bridgehead atoms. The second-order valence-electron chi connectivity index (χ2n) is 6.16. The zero-order chi connectivity index (χ0) is 14.8. The molecule has 2 aliphatic carbocycles. The number of alkyl halides is 3. The zero-order valence-electron chi connectivity index (χ0n) is 12.0. The average molecular weight is 329 g/mol. The van der Waals surface area contributed by atoms with Gasteiger partial charge in [0.2, 0.25) is 5.91 Å². The van der Waals surface area contributed by atoms with Crippen molar-refractivity contribution >= 4 is 18.3 Å². The van der Waals surface area contributed by atoms with Gasteiger partial charge < -0.3 is 11.1 Å². The number of carbonyl (C=O) groups excluding carboxylic acids is 1. The summed E-state index contributed by atoms with van der Waals surface area (Å²) in [5.74, 6) is -2.78. The first-order valence-electron chi connectivity index (χ1n) is 7.50. The van der Waals surface area contributed by atoms with E-state index in [1.54, 1.807) is 0 Å². The van der Waals surface area contributed by atoms with E-state index in [-0.39, 0.29) is 30.9 Å². The lowest BCUT2D eigenvalue weighted by molar-refractivity contribution is -0.198. The molecule has 0 aromatic rings. The third kappa shape index (κ3) is 5.02. The number of carbonyl (C=O) groups is 1. The zero-order valence-corrected chi connectivity index (χ0v) is 12.8. The molecule has 0 aromatic heterocycles. The highest BCUT2D eigenvalue weighted by molar-refractivity contribution is 5.85. The molecule has 7 heteroatoms. The quantitative estimate of drug-likeness (QED) is 0.818. The smallest absolute Gasteiger partial charge is 0.353 e. The van der Waals surface area contributed by atoms with Gasteiger partial charge in [0.1, 0.15) is 0 Å². The van der Waals surface area contributed by atoms with Crippen LogP contribution in [0.3, 0.4) is 0 Å². The normalized spacial score (nSPS) is 33.9. The Labute approximate surface area is 129 Å². The molecule has 0 aliphatic heterocycles. The molecule has 0 heterocycles. The Morgan fingerprint density at radius 1 is 1.00 bits per heavy atom. The van der Waals surface area contributed by atoms with Crippen LogP contribution in [0.5, 0.6) is 0 Å². The van der Waals surface area contributed by atoms with Crippen molar-refractivity contribution in [1.29, 1.82) is 0 Å². The summed E-state index contributed by atoms with van der Waals surface area (Å²) in [6.07, 6.45) is 0.645. The van der Waals surface area contributed by atoms with Crippen molar-refractivity contribution in [2.24, 2.45) is 17.6 Å². The summed E-state index contributed by atoms with van der Waals surface area (Å²) in [4.78, 5) is 12.2. The molecule has 2 unspecified atom stereocenters. The van der Waals surface area contributed by atoms with Crippen molar-refractivity contribution in [3.8, 4) is 0 Å². The van der Waals surface area contributed by atoms with Gasteiger partial charge in [0.15, 0.2) is 0 Å². The van der Waals surface area contributed by atoms with E-state index in [0.29, 0.717) is 19.3 Å². The van der Waals surface area contributed by atoms with Crippen LogP contribution < -0.4 is 11.1 Å². The third-order valence-corrected chi connectivity index (χ3v) is 4.64. The van der Waals surface area contributed by atoms with Crippen molar-refractivity contribution in [3.63, 3.8) is 0 Å². The molecule has 21 heavy (non-hydrogen) atoms. The lowest BCUT2D eigenvalue weighted by Gasteiger charge is -2.34. The van der Waals surface area contributed by atoms with Crippen LogP contribution in [0.1, 0.15) is 51.4 Å². The first-order chi connectivity index (χ1) is 9.38. The molecule has 3 nitrogen and oxygen atoms in total. The molecule has 3 N–H and O–H groups in total.